The third-order valence-electron chi connectivity index (χ3n) is 0.116. The summed E-state index contributed by atoms with van der Waals surface area (Å²) >= 11 is 0. The van der Waals surface area contributed by atoms with E-state index in [-0.39, 0.29) is 42.2 Å². The summed E-state index contributed by atoms with van der Waals surface area (Å²) in [4.78, 5) is 8.36. The second-order valence-corrected chi connectivity index (χ2v) is 3.04. The van der Waals surface area contributed by atoms with Gasteiger partial charge >= 0.3 is 29.6 Å². The maximum absolute atomic E-state index is 9.20. The first kappa shape index (κ1) is 22.6. The predicted molar refractivity (Wildman–Crippen MR) is 33.4 cm³/mol. The van der Waals surface area contributed by atoms with Gasteiger partial charge in [0.05, 0.1) is 10.1 Å². The maximum Gasteiger partial charge on any atom is 1.00 e. The molecule has 10 heteroatoms. The molecule has 5 N–H and O–H groups in total. The van der Waals surface area contributed by atoms with Gasteiger partial charge < -0.3 is 15.8 Å². The zero-order valence-corrected chi connectivity index (χ0v) is 9.26. The minimum absolute atomic E-state index is 0. The average molecular weight is 215 g/mol. The third kappa shape index (κ3) is 36.9. The molecule has 0 radical (unpaired) electrons. The summed E-state index contributed by atoms with van der Waals surface area (Å²) in [5.74, 6) is 0. The largest absolute Gasteiger partial charge is 1.00 e. The van der Waals surface area contributed by atoms with Gasteiger partial charge in [0.15, 0.2) is 0 Å². The van der Waals surface area contributed by atoms with Gasteiger partial charge in [-0.05, 0) is 0 Å². The van der Waals surface area contributed by atoms with Crippen molar-refractivity contribution in [2.24, 2.45) is 0 Å². The smallest absolute Gasteiger partial charge is 0.760 e. The van der Waals surface area contributed by atoms with Gasteiger partial charge in [-0.15, -0.1) is 0 Å². The average Bonchev–Trinajstić information content (AvgIpc) is 1.68. The van der Waals surface area contributed by atoms with Crippen molar-refractivity contribution in [3.8, 4) is 0 Å². The van der Waals surface area contributed by atoms with Crippen LogP contribution in [0.2, 0.25) is 0 Å². The van der Waals surface area contributed by atoms with Crippen LogP contribution >= 0.6 is 0 Å². The molecule has 2 atom stereocenters. The molecule has 0 aromatic heterocycles. The second-order valence-electron chi connectivity index (χ2n) is 0.527. The number of hydrogen-bond donors (Lipinski definition) is 3. The summed E-state index contributed by atoms with van der Waals surface area (Å²) in [6, 6.07) is 0. The number of carbonyl (C=O) groups is 1. The molecule has 0 aromatic carbocycles. The van der Waals surface area contributed by atoms with Crippen LogP contribution in [0.1, 0.15) is 0 Å². The molecule has 2 unspecified atom stereocenters. The minimum Gasteiger partial charge on any atom is -0.760 e. The van der Waals surface area contributed by atoms with Gasteiger partial charge in [0, 0.05) is 0 Å². The molecule has 11 heavy (non-hydrogen) atoms. The first-order chi connectivity index (χ1) is 4.06. The van der Waals surface area contributed by atoms with E-state index in [9.17, 15) is 4.21 Å². The predicted octanol–water partition coefficient (Wildman–Crippen LogP) is -4.13. The van der Waals surface area contributed by atoms with Crippen molar-refractivity contribution < 1.29 is 57.0 Å². The molecule has 64 valence electrons. The summed E-state index contributed by atoms with van der Waals surface area (Å²) in [5, 5.41) is 6.89. The maximum atomic E-state index is 9.20. The van der Waals surface area contributed by atoms with Crippen molar-refractivity contribution in [1.29, 1.82) is 0 Å². The van der Waals surface area contributed by atoms with Gasteiger partial charge in [0.2, 0.25) is 10.1 Å². The summed E-state index contributed by atoms with van der Waals surface area (Å²) < 4.78 is 35.0. The summed E-state index contributed by atoms with van der Waals surface area (Å²) in [6.45, 7) is -0.250. The molecule has 7 nitrogen and oxygen atoms in total. The zero-order chi connectivity index (χ0) is 7.86. The van der Waals surface area contributed by atoms with Crippen LogP contribution in [0, 0.1) is 0 Å². The fraction of sp³-hybridized carbons (Fsp3) is 0. The molecule has 0 heterocycles. The minimum atomic E-state index is -2.84. The number of carboxylic acid groups (broad SMARTS) is 1. The van der Waals surface area contributed by atoms with Crippen LogP contribution in [0.4, 0.5) is 0 Å². The van der Waals surface area contributed by atoms with Crippen molar-refractivity contribution in [1.82, 2.24) is 6.15 Å². The Kier molecular flexibility index (Phi) is 34.8. The van der Waals surface area contributed by atoms with E-state index in [2.05, 4.69) is 0 Å². The van der Waals surface area contributed by atoms with Crippen molar-refractivity contribution in [2.75, 3.05) is 0 Å². The monoisotopic (exact) mass is 215 g/mol. The SMILES string of the molecule is N.O=CO.O=S([O-])S(=O)O.[Na+]. The molecule has 0 fully saturated rings. The van der Waals surface area contributed by atoms with Crippen LogP contribution in [0.25, 0.3) is 0 Å². The molecule has 0 aliphatic carbocycles. The van der Waals surface area contributed by atoms with E-state index in [4.69, 9.17) is 23.2 Å². The Morgan fingerprint density at radius 2 is 1.45 bits per heavy atom. The zero-order valence-electron chi connectivity index (χ0n) is 5.63. The second kappa shape index (κ2) is 16.9. The van der Waals surface area contributed by atoms with Gasteiger partial charge in [0.1, 0.15) is 0 Å². The molecule has 0 aliphatic rings. The van der Waals surface area contributed by atoms with E-state index in [0.29, 0.717) is 0 Å². The van der Waals surface area contributed by atoms with Crippen molar-refractivity contribution in [3.63, 3.8) is 0 Å². The van der Waals surface area contributed by atoms with Crippen molar-refractivity contribution >= 4 is 26.7 Å². The Morgan fingerprint density at radius 1 is 1.36 bits per heavy atom. The molecular weight excluding hydrogens is 209 g/mol. The van der Waals surface area contributed by atoms with E-state index in [1.807, 2.05) is 0 Å². The van der Waals surface area contributed by atoms with Gasteiger partial charge in [-0.1, -0.05) is 0 Å². The van der Waals surface area contributed by atoms with E-state index in [0.717, 1.165) is 0 Å². The third-order valence-corrected chi connectivity index (χ3v) is 1.05. The van der Waals surface area contributed by atoms with E-state index in [1.165, 1.54) is 0 Å². The first-order valence-electron chi connectivity index (χ1n) is 1.34. The van der Waals surface area contributed by atoms with Crippen LogP contribution in [0.3, 0.4) is 0 Å². The molecule has 0 bridgehead atoms. The Balaban J connectivity index is -0.0000000437. The summed E-state index contributed by atoms with van der Waals surface area (Å²) in [6.07, 6.45) is 0. The summed E-state index contributed by atoms with van der Waals surface area (Å²) in [7, 11) is -5.54. The number of rotatable bonds is 1. The molecule has 0 amide bonds. The Morgan fingerprint density at radius 3 is 1.45 bits per heavy atom. The molecular formula is CH6NNaO6S2. The Hall–Kier alpha value is 0.650. The Labute approximate surface area is 89.4 Å². The Bertz CT molecular complexity index is 116. The van der Waals surface area contributed by atoms with Crippen LogP contribution in [-0.2, 0) is 25.0 Å². The molecule has 0 spiro atoms. The van der Waals surface area contributed by atoms with E-state index < -0.39 is 20.2 Å². The molecule has 0 rings (SSSR count). The quantitative estimate of drug-likeness (QED) is 0.174. The van der Waals surface area contributed by atoms with Crippen LogP contribution in [0.15, 0.2) is 0 Å². The standard InChI is InChI=1S/CH2O2.H3N.Na.H2O4S2/c2-1-3;;;1-5(2)6(3)4/h1H,(H,2,3);1H3;;(H,1,2)(H,3,4)/q;;+1;/p-1. The van der Waals surface area contributed by atoms with Crippen molar-refractivity contribution in [3.05, 3.63) is 0 Å². The van der Waals surface area contributed by atoms with Gasteiger partial charge in [0.25, 0.3) is 6.47 Å². The van der Waals surface area contributed by atoms with E-state index >= 15 is 0 Å². The fourth-order valence-corrected chi connectivity index (χ4v) is 0. The fourth-order valence-electron chi connectivity index (χ4n) is 0. The van der Waals surface area contributed by atoms with Gasteiger partial charge in [-0.25, -0.2) is 4.21 Å². The molecule has 0 saturated carbocycles. The van der Waals surface area contributed by atoms with E-state index in [1.54, 1.807) is 0 Å². The first-order valence-corrected chi connectivity index (χ1v) is 4.04. The van der Waals surface area contributed by atoms with Crippen LogP contribution in [0.5, 0.6) is 0 Å². The number of hydrogen-bond acceptors (Lipinski definition) is 5. The summed E-state index contributed by atoms with van der Waals surface area (Å²) in [5.41, 5.74) is 0. The molecule has 0 aliphatic heterocycles. The van der Waals surface area contributed by atoms with Crippen molar-refractivity contribution in [2.45, 2.75) is 0 Å². The molecule has 0 saturated heterocycles. The van der Waals surface area contributed by atoms with Crippen LogP contribution < -0.4 is 35.7 Å². The topological polar surface area (TPSA) is 150 Å². The normalized spacial score (nSPS) is 11.8. The van der Waals surface area contributed by atoms with Gasteiger partial charge in [-0.3, -0.25) is 13.6 Å². The molecule has 0 aromatic rings. The van der Waals surface area contributed by atoms with Gasteiger partial charge in [-0.2, -0.15) is 0 Å². The van der Waals surface area contributed by atoms with Crippen LogP contribution in [-0.4, -0.2) is 29.1 Å².